The summed E-state index contributed by atoms with van der Waals surface area (Å²) in [6, 6.07) is 16.9. The van der Waals surface area contributed by atoms with Crippen LogP contribution in [-0.2, 0) is 17.8 Å². The number of likely N-dealkylation sites (tertiary alicyclic amines) is 1. The Morgan fingerprint density at radius 1 is 0.929 bits per heavy atom. The molecule has 2 aromatic carbocycles. The zero-order valence-corrected chi connectivity index (χ0v) is 25.2. The number of rotatable bonds is 9. The highest BCUT2D eigenvalue weighted by molar-refractivity contribution is 6.42. The SMILES string of the molecule is O=C(NC1CCCCC1)N(CCCN1CCC(Cc2ccccc2)CC1)Cc1ccc(Cl)c(Cl)c1.O=C(O)C(F)(F)F. The van der Waals surface area contributed by atoms with Gasteiger partial charge in [0, 0.05) is 19.1 Å². The molecule has 6 nitrogen and oxygen atoms in total. The molecule has 2 aromatic rings. The van der Waals surface area contributed by atoms with Gasteiger partial charge in [-0.05, 0) is 87.3 Å². The first-order chi connectivity index (χ1) is 20.0. The average molecular weight is 631 g/mol. The molecule has 1 saturated heterocycles. The van der Waals surface area contributed by atoms with Crippen molar-refractivity contribution >= 4 is 35.2 Å². The van der Waals surface area contributed by atoms with Crippen LogP contribution in [0.5, 0.6) is 0 Å². The zero-order valence-electron chi connectivity index (χ0n) is 23.7. The van der Waals surface area contributed by atoms with Crippen molar-refractivity contribution in [1.29, 1.82) is 0 Å². The standard InChI is InChI=1S/C29H39Cl2N3O.C2HF3O2/c30-27-13-12-25(21-28(27)31)22-34(29(35)32-26-10-5-2-6-11-26)17-7-16-33-18-14-24(15-19-33)20-23-8-3-1-4-9-23;3-2(4,5)1(6)7/h1,3-4,8-9,12-13,21,24,26H,2,5-7,10-11,14-20,22H2,(H,32,35);(H,6,7). The Labute approximate surface area is 256 Å². The fraction of sp³-hybridized carbons (Fsp3) is 0.548. The Hall–Kier alpha value is -2.49. The van der Waals surface area contributed by atoms with Gasteiger partial charge in [-0.25, -0.2) is 9.59 Å². The molecule has 4 rings (SSSR count). The van der Waals surface area contributed by atoms with Crippen LogP contribution in [0.25, 0.3) is 0 Å². The van der Waals surface area contributed by atoms with Gasteiger partial charge in [0.1, 0.15) is 0 Å². The summed E-state index contributed by atoms with van der Waals surface area (Å²) < 4.78 is 31.7. The minimum absolute atomic E-state index is 0.0459. The second-order valence-electron chi connectivity index (χ2n) is 11.1. The number of carboxylic acid groups (broad SMARTS) is 1. The van der Waals surface area contributed by atoms with Crippen molar-refractivity contribution in [2.75, 3.05) is 26.2 Å². The van der Waals surface area contributed by atoms with E-state index in [-0.39, 0.29) is 6.03 Å². The topological polar surface area (TPSA) is 72.9 Å². The third-order valence-corrected chi connectivity index (χ3v) is 8.54. The molecule has 232 valence electrons. The first-order valence-corrected chi connectivity index (χ1v) is 15.3. The lowest BCUT2D eigenvalue weighted by molar-refractivity contribution is -0.192. The van der Waals surface area contributed by atoms with Crippen LogP contribution in [0.3, 0.4) is 0 Å². The molecule has 1 heterocycles. The van der Waals surface area contributed by atoms with Crippen LogP contribution < -0.4 is 5.32 Å². The molecule has 42 heavy (non-hydrogen) atoms. The fourth-order valence-electron chi connectivity index (χ4n) is 5.47. The summed E-state index contributed by atoms with van der Waals surface area (Å²) in [5, 5.41) is 11.5. The summed E-state index contributed by atoms with van der Waals surface area (Å²) in [6.07, 6.45) is 5.45. The first-order valence-electron chi connectivity index (χ1n) is 14.6. The van der Waals surface area contributed by atoms with Crippen LogP contribution in [0.15, 0.2) is 48.5 Å². The van der Waals surface area contributed by atoms with Crippen LogP contribution in [-0.4, -0.2) is 65.3 Å². The van der Waals surface area contributed by atoms with Crippen molar-refractivity contribution in [1.82, 2.24) is 15.1 Å². The van der Waals surface area contributed by atoms with Crippen molar-refractivity contribution in [3.8, 4) is 0 Å². The maximum Gasteiger partial charge on any atom is 0.490 e. The molecular formula is C31H40Cl2F3N3O3. The van der Waals surface area contributed by atoms with Gasteiger partial charge in [-0.2, -0.15) is 13.2 Å². The number of alkyl halides is 3. The monoisotopic (exact) mass is 629 g/mol. The summed E-state index contributed by atoms with van der Waals surface area (Å²) in [5.74, 6) is -1.98. The molecule has 0 spiro atoms. The van der Waals surface area contributed by atoms with E-state index in [2.05, 4.69) is 40.5 Å². The van der Waals surface area contributed by atoms with Gasteiger partial charge >= 0.3 is 18.2 Å². The number of urea groups is 1. The number of piperidine rings is 1. The summed E-state index contributed by atoms with van der Waals surface area (Å²) in [6.45, 7) is 4.63. The highest BCUT2D eigenvalue weighted by atomic mass is 35.5. The van der Waals surface area contributed by atoms with Crippen molar-refractivity contribution in [2.24, 2.45) is 5.92 Å². The van der Waals surface area contributed by atoms with E-state index >= 15 is 0 Å². The minimum Gasteiger partial charge on any atom is -0.475 e. The van der Waals surface area contributed by atoms with Crippen molar-refractivity contribution in [3.05, 3.63) is 69.7 Å². The van der Waals surface area contributed by atoms with E-state index in [9.17, 15) is 18.0 Å². The fourth-order valence-corrected chi connectivity index (χ4v) is 5.79. The quantitative estimate of drug-likeness (QED) is 0.297. The van der Waals surface area contributed by atoms with Crippen molar-refractivity contribution in [3.63, 3.8) is 0 Å². The Kier molecular flexibility index (Phi) is 13.7. The van der Waals surface area contributed by atoms with Gasteiger partial charge in [-0.15, -0.1) is 0 Å². The molecule has 2 amide bonds. The molecular weight excluding hydrogens is 590 g/mol. The summed E-state index contributed by atoms with van der Waals surface area (Å²) >= 11 is 12.3. The third-order valence-electron chi connectivity index (χ3n) is 7.80. The molecule has 11 heteroatoms. The van der Waals surface area contributed by atoms with Crippen LogP contribution >= 0.6 is 23.2 Å². The number of carboxylic acids is 1. The number of carbonyl (C=O) groups is 2. The molecule has 0 atom stereocenters. The molecule has 0 radical (unpaired) electrons. The summed E-state index contributed by atoms with van der Waals surface area (Å²) in [5.41, 5.74) is 2.47. The van der Waals surface area contributed by atoms with Gasteiger partial charge in [0.05, 0.1) is 10.0 Å². The Bertz CT molecular complexity index is 1120. The predicted octanol–water partition coefficient (Wildman–Crippen LogP) is 7.82. The van der Waals surface area contributed by atoms with E-state index in [1.165, 1.54) is 44.1 Å². The maximum atomic E-state index is 13.2. The lowest BCUT2D eigenvalue weighted by atomic mass is 9.90. The van der Waals surface area contributed by atoms with Gasteiger partial charge in [0.25, 0.3) is 0 Å². The number of carbonyl (C=O) groups excluding carboxylic acids is 1. The molecule has 2 aliphatic rings. The molecule has 0 bridgehead atoms. The van der Waals surface area contributed by atoms with Gasteiger partial charge in [0.2, 0.25) is 0 Å². The van der Waals surface area contributed by atoms with E-state index in [4.69, 9.17) is 33.1 Å². The summed E-state index contributed by atoms with van der Waals surface area (Å²) in [7, 11) is 0. The third kappa shape index (κ3) is 12.0. The molecule has 2 fully saturated rings. The molecule has 0 unspecified atom stereocenters. The summed E-state index contributed by atoms with van der Waals surface area (Å²) in [4.78, 5) is 26.6. The van der Waals surface area contributed by atoms with Gasteiger partial charge in [0.15, 0.2) is 0 Å². The van der Waals surface area contributed by atoms with Crippen molar-refractivity contribution in [2.45, 2.75) is 76.6 Å². The average Bonchev–Trinajstić information content (AvgIpc) is 2.96. The second-order valence-corrected chi connectivity index (χ2v) is 11.9. The number of benzene rings is 2. The minimum atomic E-state index is -5.08. The van der Waals surface area contributed by atoms with Crippen LogP contribution in [0, 0.1) is 5.92 Å². The highest BCUT2D eigenvalue weighted by Crippen LogP contribution is 2.25. The highest BCUT2D eigenvalue weighted by Gasteiger charge is 2.38. The number of aliphatic carboxylic acids is 1. The Morgan fingerprint density at radius 2 is 1.57 bits per heavy atom. The molecule has 0 aromatic heterocycles. The number of halogens is 5. The van der Waals surface area contributed by atoms with Gasteiger partial charge < -0.3 is 20.2 Å². The smallest absolute Gasteiger partial charge is 0.475 e. The zero-order chi connectivity index (χ0) is 30.5. The van der Waals surface area contributed by atoms with E-state index < -0.39 is 12.1 Å². The number of hydrogen-bond donors (Lipinski definition) is 2. The van der Waals surface area contributed by atoms with E-state index in [1.54, 1.807) is 0 Å². The molecule has 2 N–H and O–H groups in total. The Morgan fingerprint density at radius 3 is 2.17 bits per heavy atom. The normalized spacial score (nSPS) is 16.8. The number of nitrogens with one attached hydrogen (secondary N) is 1. The van der Waals surface area contributed by atoms with Crippen molar-refractivity contribution < 1.29 is 27.9 Å². The van der Waals surface area contributed by atoms with E-state index in [0.717, 1.165) is 56.9 Å². The predicted molar refractivity (Wildman–Crippen MR) is 160 cm³/mol. The van der Waals surface area contributed by atoms with Crippen LogP contribution in [0.2, 0.25) is 10.0 Å². The molecule has 1 aliphatic heterocycles. The number of amides is 2. The first kappa shape index (κ1) is 34.0. The van der Waals surface area contributed by atoms with Crippen LogP contribution in [0.1, 0.15) is 62.5 Å². The van der Waals surface area contributed by atoms with E-state index in [1.807, 2.05) is 23.1 Å². The van der Waals surface area contributed by atoms with E-state index in [0.29, 0.717) is 22.6 Å². The number of hydrogen-bond acceptors (Lipinski definition) is 3. The molecule has 1 saturated carbocycles. The lowest BCUT2D eigenvalue weighted by Gasteiger charge is -2.33. The van der Waals surface area contributed by atoms with Crippen LogP contribution in [0.4, 0.5) is 18.0 Å². The van der Waals surface area contributed by atoms with Gasteiger partial charge in [-0.3, -0.25) is 0 Å². The molecule has 1 aliphatic carbocycles. The largest absolute Gasteiger partial charge is 0.490 e. The second kappa shape index (κ2) is 17.0. The number of nitrogens with zero attached hydrogens (tertiary/aromatic N) is 2. The lowest BCUT2D eigenvalue weighted by Crippen LogP contribution is -2.46. The van der Waals surface area contributed by atoms with Gasteiger partial charge in [-0.1, -0.05) is 78.9 Å². The Balaban J connectivity index is 0.000000616. The maximum absolute atomic E-state index is 13.2.